The first-order chi connectivity index (χ1) is 8.29. The van der Waals surface area contributed by atoms with E-state index < -0.39 is 0 Å². The van der Waals surface area contributed by atoms with Crippen LogP contribution in [0.15, 0.2) is 29.4 Å². The van der Waals surface area contributed by atoms with Crippen molar-refractivity contribution < 1.29 is 4.79 Å². The summed E-state index contributed by atoms with van der Waals surface area (Å²) in [6.07, 6.45) is 5.03. The molecule has 5 heteroatoms. The molecule has 1 N–H and O–H groups in total. The van der Waals surface area contributed by atoms with Gasteiger partial charge in [0.2, 0.25) is 5.91 Å². The quantitative estimate of drug-likeness (QED) is 0.482. The fourth-order valence-electron chi connectivity index (χ4n) is 1.78. The third-order valence-corrected chi connectivity index (χ3v) is 2.59. The minimum absolute atomic E-state index is 0.0733. The highest BCUT2D eigenvalue weighted by Crippen LogP contribution is 2.23. The highest BCUT2D eigenvalue weighted by atomic mass is 16.1. The lowest BCUT2D eigenvalue weighted by Crippen LogP contribution is -2.18. The van der Waals surface area contributed by atoms with Gasteiger partial charge in [0.15, 0.2) is 0 Å². The van der Waals surface area contributed by atoms with Gasteiger partial charge in [-0.05, 0) is 35.2 Å². The molecule has 2 rings (SSSR count). The van der Waals surface area contributed by atoms with E-state index >= 15 is 0 Å². The van der Waals surface area contributed by atoms with Crippen molar-refractivity contribution in [3.63, 3.8) is 0 Å². The van der Waals surface area contributed by atoms with Crippen molar-refractivity contribution in [2.45, 2.75) is 12.8 Å². The minimum Gasteiger partial charge on any atom is -0.326 e. The highest BCUT2D eigenvalue weighted by Gasteiger charge is 2.13. The van der Waals surface area contributed by atoms with Crippen LogP contribution in [0.4, 0.5) is 5.69 Å². The van der Waals surface area contributed by atoms with Crippen LogP contribution >= 0.6 is 0 Å². The minimum atomic E-state index is 0.0733. The van der Waals surface area contributed by atoms with Gasteiger partial charge in [-0.1, -0.05) is 23.3 Å². The van der Waals surface area contributed by atoms with Crippen molar-refractivity contribution in [2.75, 3.05) is 11.9 Å². The standard InChI is InChI=1S/C12H12N4O/c13-16-14-7-1-2-9-3-5-11-10(8-9)4-6-12(17)15-11/h1-3,5,8H,4,6-7H2,(H,15,17). The Balaban J connectivity index is 2.13. The second-order valence-electron chi connectivity index (χ2n) is 3.78. The van der Waals surface area contributed by atoms with Crippen LogP contribution in [0.25, 0.3) is 16.5 Å². The van der Waals surface area contributed by atoms with Crippen LogP contribution < -0.4 is 5.32 Å². The normalized spacial score (nSPS) is 14.0. The molecule has 0 bridgehead atoms. The average molecular weight is 228 g/mol. The lowest BCUT2D eigenvalue weighted by molar-refractivity contribution is -0.116. The maximum Gasteiger partial charge on any atom is 0.224 e. The van der Waals surface area contributed by atoms with Gasteiger partial charge in [-0.3, -0.25) is 4.79 Å². The molecule has 86 valence electrons. The van der Waals surface area contributed by atoms with E-state index in [9.17, 15) is 4.79 Å². The molecule has 0 aliphatic carbocycles. The zero-order valence-electron chi connectivity index (χ0n) is 9.26. The molecule has 1 heterocycles. The molecule has 1 aromatic carbocycles. The van der Waals surface area contributed by atoms with Gasteiger partial charge in [0.25, 0.3) is 0 Å². The van der Waals surface area contributed by atoms with E-state index in [0.29, 0.717) is 13.0 Å². The van der Waals surface area contributed by atoms with Crippen molar-refractivity contribution in [2.24, 2.45) is 5.11 Å². The summed E-state index contributed by atoms with van der Waals surface area (Å²) in [4.78, 5) is 13.9. The number of hydrogen-bond acceptors (Lipinski definition) is 2. The number of fused-ring (bicyclic) bond motifs is 1. The second kappa shape index (κ2) is 5.18. The van der Waals surface area contributed by atoms with E-state index in [1.807, 2.05) is 30.4 Å². The zero-order valence-corrected chi connectivity index (χ0v) is 9.26. The van der Waals surface area contributed by atoms with E-state index in [-0.39, 0.29) is 5.91 Å². The van der Waals surface area contributed by atoms with Gasteiger partial charge in [-0.2, -0.15) is 0 Å². The number of nitrogens with zero attached hydrogens (tertiary/aromatic N) is 3. The Morgan fingerprint density at radius 1 is 1.47 bits per heavy atom. The van der Waals surface area contributed by atoms with Gasteiger partial charge in [0, 0.05) is 23.6 Å². The molecule has 0 spiro atoms. The number of amides is 1. The Labute approximate surface area is 98.8 Å². The molecule has 1 aliphatic rings. The van der Waals surface area contributed by atoms with E-state index in [1.54, 1.807) is 0 Å². The van der Waals surface area contributed by atoms with Crippen molar-refractivity contribution in [3.05, 3.63) is 45.8 Å². The first-order valence-corrected chi connectivity index (χ1v) is 5.40. The molecule has 17 heavy (non-hydrogen) atoms. The number of carbonyl (C=O) groups is 1. The Morgan fingerprint density at radius 2 is 2.35 bits per heavy atom. The van der Waals surface area contributed by atoms with Crippen molar-refractivity contribution in [1.29, 1.82) is 0 Å². The van der Waals surface area contributed by atoms with E-state index in [2.05, 4.69) is 15.3 Å². The number of anilines is 1. The summed E-state index contributed by atoms with van der Waals surface area (Å²) in [6.45, 7) is 0.352. The Bertz CT molecular complexity index is 515. The SMILES string of the molecule is [N-]=[N+]=NCC=Cc1ccc2c(c1)CCC(=O)N2. The van der Waals surface area contributed by atoms with Gasteiger partial charge in [0.1, 0.15) is 0 Å². The molecule has 0 atom stereocenters. The van der Waals surface area contributed by atoms with Crippen LogP contribution in [-0.4, -0.2) is 12.5 Å². The molecular weight excluding hydrogens is 216 g/mol. The molecular formula is C12H12N4O. The van der Waals surface area contributed by atoms with Crippen LogP contribution in [0.3, 0.4) is 0 Å². The predicted octanol–water partition coefficient (Wildman–Crippen LogP) is 2.89. The number of nitrogens with one attached hydrogen (secondary N) is 1. The average Bonchev–Trinajstić information content (AvgIpc) is 2.35. The summed E-state index contributed by atoms with van der Waals surface area (Å²) in [5.74, 6) is 0.0733. The number of aryl methyl sites for hydroxylation is 1. The largest absolute Gasteiger partial charge is 0.326 e. The Kier molecular flexibility index (Phi) is 3.43. The monoisotopic (exact) mass is 228 g/mol. The maximum atomic E-state index is 11.2. The van der Waals surface area contributed by atoms with Gasteiger partial charge < -0.3 is 5.32 Å². The molecule has 0 fully saturated rings. The number of hydrogen-bond donors (Lipinski definition) is 1. The van der Waals surface area contributed by atoms with Crippen LogP contribution in [-0.2, 0) is 11.2 Å². The summed E-state index contributed by atoms with van der Waals surface area (Å²) >= 11 is 0. The van der Waals surface area contributed by atoms with E-state index in [1.165, 1.54) is 0 Å². The smallest absolute Gasteiger partial charge is 0.224 e. The maximum absolute atomic E-state index is 11.2. The second-order valence-corrected chi connectivity index (χ2v) is 3.78. The summed E-state index contributed by atoms with van der Waals surface area (Å²) in [5, 5.41) is 6.25. The number of carbonyl (C=O) groups excluding carboxylic acids is 1. The molecule has 0 unspecified atom stereocenters. The number of rotatable bonds is 3. The third kappa shape index (κ3) is 2.86. The number of benzene rings is 1. The molecule has 0 saturated carbocycles. The van der Waals surface area contributed by atoms with Crippen molar-refractivity contribution >= 4 is 17.7 Å². The fraction of sp³-hybridized carbons (Fsp3) is 0.250. The van der Waals surface area contributed by atoms with Crippen LogP contribution in [0, 0.1) is 0 Å². The first-order valence-electron chi connectivity index (χ1n) is 5.40. The predicted molar refractivity (Wildman–Crippen MR) is 66.4 cm³/mol. The van der Waals surface area contributed by atoms with Gasteiger partial charge in [-0.25, -0.2) is 0 Å². The number of azide groups is 1. The molecule has 1 amide bonds. The summed E-state index contributed by atoms with van der Waals surface area (Å²) < 4.78 is 0. The molecule has 1 aromatic rings. The summed E-state index contributed by atoms with van der Waals surface area (Å²) in [7, 11) is 0. The van der Waals surface area contributed by atoms with Gasteiger partial charge in [0.05, 0.1) is 0 Å². The van der Waals surface area contributed by atoms with Gasteiger partial charge in [-0.15, -0.1) is 0 Å². The molecule has 5 nitrogen and oxygen atoms in total. The molecule has 0 aromatic heterocycles. The van der Waals surface area contributed by atoms with Crippen LogP contribution in [0.5, 0.6) is 0 Å². The lowest BCUT2D eigenvalue weighted by Gasteiger charge is -2.16. The third-order valence-electron chi connectivity index (χ3n) is 2.59. The Morgan fingerprint density at radius 3 is 3.18 bits per heavy atom. The molecule has 1 aliphatic heterocycles. The summed E-state index contributed by atoms with van der Waals surface area (Å²) in [5.41, 5.74) is 11.2. The Hall–Kier alpha value is -2.26. The fourth-order valence-corrected chi connectivity index (χ4v) is 1.78. The van der Waals surface area contributed by atoms with E-state index in [4.69, 9.17) is 5.53 Å². The van der Waals surface area contributed by atoms with Crippen LogP contribution in [0.1, 0.15) is 17.5 Å². The van der Waals surface area contributed by atoms with Crippen molar-refractivity contribution in [1.82, 2.24) is 0 Å². The summed E-state index contributed by atoms with van der Waals surface area (Å²) in [6, 6.07) is 5.87. The molecule has 0 radical (unpaired) electrons. The van der Waals surface area contributed by atoms with Crippen LogP contribution in [0.2, 0.25) is 0 Å². The lowest BCUT2D eigenvalue weighted by atomic mass is 10.0. The zero-order chi connectivity index (χ0) is 12.1. The van der Waals surface area contributed by atoms with E-state index in [0.717, 1.165) is 23.2 Å². The first kappa shape index (κ1) is 11.2. The van der Waals surface area contributed by atoms with Crippen molar-refractivity contribution in [3.8, 4) is 0 Å². The van der Waals surface area contributed by atoms with Gasteiger partial charge >= 0.3 is 0 Å². The molecule has 0 saturated heterocycles. The highest BCUT2D eigenvalue weighted by molar-refractivity contribution is 5.94. The topological polar surface area (TPSA) is 77.9 Å².